The Labute approximate surface area is 122 Å². The van der Waals surface area contributed by atoms with Crippen LogP contribution in [0.1, 0.15) is 43.3 Å². The Balaban J connectivity index is 2.42. The molecule has 1 aromatic carbocycles. The zero-order valence-electron chi connectivity index (χ0n) is 13.3. The van der Waals surface area contributed by atoms with Crippen LogP contribution < -0.4 is 5.73 Å². The van der Waals surface area contributed by atoms with Crippen LogP contribution in [0.15, 0.2) is 30.3 Å². The summed E-state index contributed by atoms with van der Waals surface area (Å²) in [7, 11) is 0. The van der Waals surface area contributed by atoms with E-state index in [0.29, 0.717) is 6.54 Å². The number of aromatic nitrogens is 1. The summed E-state index contributed by atoms with van der Waals surface area (Å²) < 4.78 is 2.32. The van der Waals surface area contributed by atoms with Gasteiger partial charge < -0.3 is 10.3 Å². The molecular formula is C18H26N2. The third-order valence-electron chi connectivity index (χ3n) is 3.94. The molecular weight excluding hydrogens is 244 g/mol. The average Bonchev–Trinajstić information content (AvgIpc) is 2.64. The second-order valence-corrected chi connectivity index (χ2v) is 6.57. The van der Waals surface area contributed by atoms with Gasteiger partial charge in [-0.05, 0) is 61.6 Å². The predicted molar refractivity (Wildman–Crippen MR) is 86.7 cm³/mol. The second-order valence-electron chi connectivity index (χ2n) is 6.57. The van der Waals surface area contributed by atoms with E-state index >= 15 is 0 Å². The number of aryl methyl sites for hydroxylation is 1. The Morgan fingerprint density at radius 3 is 2.15 bits per heavy atom. The van der Waals surface area contributed by atoms with E-state index in [-0.39, 0.29) is 5.41 Å². The lowest BCUT2D eigenvalue weighted by Gasteiger charge is -2.20. The molecule has 2 N–H and O–H groups in total. The molecule has 0 aliphatic heterocycles. The van der Waals surface area contributed by atoms with Crippen molar-refractivity contribution in [1.82, 2.24) is 4.57 Å². The highest BCUT2D eigenvalue weighted by molar-refractivity contribution is 5.43. The van der Waals surface area contributed by atoms with Gasteiger partial charge in [0, 0.05) is 17.1 Å². The van der Waals surface area contributed by atoms with Crippen molar-refractivity contribution in [2.45, 2.75) is 46.5 Å². The maximum absolute atomic E-state index is 5.69. The first-order chi connectivity index (χ1) is 9.34. The number of benzene rings is 1. The Morgan fingerprint density at radius 1 is 1.05 bits per heavy atom. The molecule has 2 aromatic rings. The number of hydrogen-bond acceptors (Lipinski definition) is 1. The summed E-state index contributed by atoms with van der Waals surface area (Å²) in [5.74, 6) is 0. The highest BCUT2D eigenvalue weighted by Crippen LogP contribution is 2.25. The fourth-order valence-electron chi connectivity index (χ4n) is 2.75. The van der Waals surface area contributed by atoms with Gasteiger partial charge in [0.1, 0.15) is 0 Å². The Morgan fingerprint density at radius 2 is 1.65 bits per heavy atom. The minimum absolute atomic E-state index is 0.198. The predicted octanol–water partition coefficient (Wildman–Crippen LogP) is 3.89. The van der Waals surface area contributed by atoms with Crippen LogP contribution in [-0.2, 0) is 11.8 Å². The Kier molecular flexibility index (Phi) is 4.05. The third-order valence-corrected chi connectivity index (χ3v) is 3.94. The molecule has 0 atom stereocenters. The number of nitrogens with two attached hydrogens (primary N) is 1. The van der Waals surface area contributed by atoms with E-state index in [1.54, 1.807) is 0 Å². The van der Waals surface area contributed by atoms with Crippen LogP contribution >= 0.6 is 0 Å². The minimum atomic E-state index is 0.198. The van der Waals surface area contributed by atoms with Gasteiger partial charge in [0.05, 0.1) is 0 Å². The summed E-state index contributed by atoms with van der Waals surface area (Å²) in [6.07, 6.45) is 0.944. The summed E-state index contributed by atoms with van der Waals surface area (Å²) in [5.41, 5.74) is 12.4. The molecule has 0 radical (unpaired) electrons. The maximum Gasteiger partial charge on any atom is 0.0455 e. The molecule has 0 aliphatic rings. The molecule has 0 fully saturated rings. The monoisotopic (exact) mass is 270 g/mol. The fourth-order valence-corrected chi connectivity index (χ4v) is 2.75. The smallest absolute Gasteiger partial charge is 0.0455 e. The molecule has 1 aromatic heterocycles. The van der Waals surface area contributed by atoms with Crippen molar-refractivity contribution < 1.29 is 0 Å². The molecule has 0 spiro atoms. The molecule has 0 unspecified atom stereocenters. The molecule has 0 amide bonds. The SMILES string of the molecule is Cc1cc(CCN)c(C)n1-c1ccc(C(C)(C)C)cc1. The zero-order chi connectivity index (χ0) is 14.9. The van der Waals surface area contributed by atoms with E-state index in [1.165, 1.54) is 28.2 Å². The molecule has 0 saturated heterocycles. The second kappa shape index (κ2) is 5.45. The van der Waals surface area contributed by atoms with Crippen molar-refractivity contribution in [2.75, 3.05) is 6.54 Å². The van der Waals surface area contributed by atoms with Crippen LogP contribution in [0.4, 0.5) is 0 Å². The van der Waals surface area contributed by atoms with Crippen LogP contribution in [0.3, 0.4) is 0 Å². The maximum atomic E-state index is 5.69. The summed E-state index contributed by atoms with van der Waals surface area (Å²) in [6.45, 7) is 11.8. The molecule has 1 heterocycles. The van der Waals surface area contributed by atoms with Gasteiger partial charge in [-0.1, -0.05) is 32.9 Å². The lowest BCUT2D eigenvalue weighted by atomic mass is 9.87. The van der Waals surface area contributed by atoms with Gasteiger partial charge in [-0.15, -0.1) is 0 Å². The van der Waals surface area contributed by atoms with Gasteiger partial charge in [0.25, 0.3) is 0 Å². The topological polar surface area (TPSA) is 30.9 Å². The van der Waals surface area contributed by atoms with E-state index in [0.717, 1.165) is 6.42 Å². The standard InChI is InChI=1S/C18H26N2/c1-13-12-15(10-11-19)14(2)20(13)17-8-6-16(7-9-17)18(3,4)5/h6-9,12H,10-11,19H2,1-5H3. The van der Waals surface area contributed by atoms with Gasteiger partial charge in [0.15, 0.2) is 0 Å². The minimum Gasteiger partial charge on any atom is -0.330 e. The first-order valence-electron chi connectivity index (χ1n) is 7.33. The zero-order valence-corrected chi connectivity index (χ0v) is 13.3. The largest absolute Gasteiger partial charge is 0.330 e. The number of nitrogens with zero attached hydrogens (tertiary/aromatic N) is 1. The lowest BCUT2D eigenvalue weighted by molar-refractivity contribution is 0.590. The summed E-state index contributed by atoms with van der Waals surface area (Å²) in [4.78, 5) is 0. The number of rotatable bonds is 3. The Hall–Kier alpha value is -1.54. The molecule has 2 nitrogen and oxygen atoms in total. The van der Waals surface area contributed by atoms with Crippen molar-refractivity contribution in [3.05, 3.63) is 52.8 Å². The van der Waals surface area contributed by atoms with Gasteiger partial charge in [-0.25, -0.2) is 0 Å². The molecule has 0 saturated carbocycles. The third kappa shape index (κ3) is 2.80. The molecule has 108 valence electrons. The van der Waals surface area contributed by atoms with Crippen LogP contribution in [0.2, 0.25) is 0 Å². The normalized spacial score (nSPS) is 11.9. The van der Waals surface area contributed by atoms with Crippen LogP contribution in [-0.4, -0.2) is 11.1 Å². The van der Waals surface area contributed by atoms with Crippen molar-refractivity contribution in [3.8, 4) is 5.69 Å². The van der Waals surface area contributed by atoms with E-state index in [4.69, 9.17) is 5.73 Å². The molecule has 2 heteroatoms. The Bertz CT molecular complexity index is 583. The van der Waals surface area contributed by atoms with Crippen molar-refractivity contribution in [3.63, 3.8) is 0 Å². The van der Waals surface area contributed by atoms with E-state index in [1.807, 2.05) is 0 Å². The van der Waals surface area contributed by atoms with E-state index in [2.05, 4.69) is 69.5 Å². The van der Waals surface area contributed by atoms with Crippen molar-refractivity contribution >= 4 is 0 Å². The summed E-state index contributed by atoms with van der Waals surface area (Å²) >= 11 is 0. The molecule has 2 rings (SSSR count). The lowest BCUT2D eigenvalue weighted by Crippen LogP contribution is -2.11. The van der Waals surface area contributed by atoms with Gasteiger partial charge in [-0.2, -0.15) is 0 Å². The van der Waals surface area contributed by atoms with Crippen molar-refractivity contribution in [2.24, 2.45) is 5.73 Å². The van der Waals surface area contributed by atoms with E-state index in [9.17, 15) is 0 Å². The molecule has 0 bridgehead atoms. The summed E-state index contributed by atoms with van der Waals surface area (Å²) in [6, 6.07) is 11.1. The van der Waals surface area contributed by atoms with Gasteiger partial charge >= 0.3 is 0 Å². The average molecular weight is 270 g/mol. The highest BCUT2D eigenvalue weighted by Gasteiger charge is 2.14. The number of hydrogen-bond donors (Lipinski definition) is 1. The van der Waals surface area contributed by atoms with Crippen LogP contribution in [0.25, 0.3) is 5.69 Å². The van der Waals surface area contributed by atoms with Crippen molar-refractivity contribution in [1.29, 1.82) is 0 Å². The highest BCUT2D eigenvalue weighted by atomic mass is 15.0. The molecule has 0 aliphatic carbocycles. The summed E-state index contributed by atoms with van der Waals surface area (Å²) in [5, 5.41) is 0. The molecule has 20 heavy (non-hydrogen) atoms. The quantitative estimate of drug-likeness (QED) is 0.901. The van der Waals surface area contributed by atoms with Gasteiger partial charge in [-0.3, -0.25) is 0 Å². The first kappa shape index (κ1) is 14.9. The van der Waals surface area contributed by atoms with Crippen LogP contribution in [0.5, 0.6) is 0 Å². The first-order valence-corrected chi connectivity index (χ1v) is 7.33. The fraction of sp³-hybridized carbons (Fsp3) is 0.444. The van der Waals surface area contributed by atoms with Gasteiger partial charge in [0.2, 0.25) is 0 Å². The van der Waals surface area contributed by atoms with E-state index < -0.39 is 0 Å². The van der Waals surface area contributed by atoms with Crippen LogP contribution in [0, 0.1) is 13.8 Å².